The molecule has 1 heterocycles. The molecule has 0 aliphatic heterocycles. The predicted octanol–water partition coefficient (Wildman–Crippen LogP) is 3.89. The van der Waals surface area contributed by atoms with Crippen LogP contribution < -0.4 is 10.1 Å². The molecular formula is C16H20N2O. The summed E-state index contributed by atoms with van der Waals surface area (Å²) in [6, 6.07) is 10.1. The molecule has 0 saturated heterocycles. The van der Waals surface area contributed by atoms with E-state index in [2.05, 4.69) is 36.3 Å². The van der Waals surface area contributed by atoms with Crippen molar-refractivity contribution in [3.8, 4) is 17.0 Å². The van der Waals surface area contributed by atoms with Gasteiger partial charge in [-0.2, -0.15) is 0 Å². The van der Waals surface area contributed by atoms with Crippen LogP contribution in [-0.2, 0) is 0 Å². The van der Waals surface area contributed by atoms with E-state index in [4.69, 9.17) is 4.74 Å². The number of hydrogen-bond donors (Lipinski definition) is 1. The molecule has 1 aromatic carbocycles. The predicted molar refractivity (Wildman–Crippen MR) is 79.7 cm³/mol. The molecule has 0 aliphatic rings. The Balaban J connectivity index is 2.30. The number of benzene rings is 1. The third-order valence-corrected chi connectivity index (χ3v) is 3.05. The van der Waals surface area contributed by atoms with Crippen molar-refractivity contribution in [2.75, 3.05) is 19.0 Å². The molecule has 19 heavy (non-hydrogen) atoms. The molecule has 0 fully saturated rings. The number of ether oxygens (including phenoxy) is 1. The van der Waals surface area contributed by atoms with Gasteiger partial charge in [-0.25, -0.2) is 0 Å². The minimum absolute atomic E-state index is 0.876. The average Bonchev–Trinajstić information content (AvgIpc) is 2.45. The Labute approximate surface area is 114 Å². The Bertz CT molecular complexity index is 552. The van der Waals surface area contributed by atoms with Crippen molar-refractivity contribution in [3.05, 3.63) is 42.1 Å². The highest BCUT2D eigenvalue weighted by molar-refractivity contribution is 5.68. The Morgan fingerprint density at radius 2 is 2.05 bits per heavy atom. The van der Waals surface area contributed by atoms with Crippen LogP contribution in [-0.4, -0.2) is 18.6 Å². The number of aryl methyl sites for hydroxylation is 1. The summed E-state index contributed by atoms with van der Waals surface area (Å²) in [5.41, 5.74) is 4.41. The van der Waals surface area contributed by atoms with Gasteiger partial charge in [0.2, 0.25) is 0 Å². The molecule has 0 saturated carbocycles. The maximum absolute atomic E-state index is 5.23. The SMILES string of the molecule is CCCNc1ccnc(-c2ccc(OC)cc2C)c1. The smallest absolute Gasteiger partial charge is 0.119 e. The van der Waals surface area contributed by atoms with E-state index in [0.717, 1.165) is 35.7 Å². The summed E-state index contributed by atoms with van der Waals surface area (Å²) in [7, 11) is 1.68. The largest absolute Gasteiger partial charge is 0.497 e. The molecule has 0 radical (unpaired) electrons. The average molecular weight is 256 g/mol. The summed E-state index contributed by atoms with van der Waals surface area (Å²) in [6.07, 6.45) is 2.95. The van der Waals surface area contributed by atoms with Gasteiger partial charge < -0.3 is 10.1 Å². The maximum atomic E-state index is 5.23. The van der Waals surface area contributed by atoms with Gasteiger partial charge in [-0.1, -0.05) is 6.92 Å². The van der Waals surface area contributed by atoms with E-state index < -0.39 is 0 Å². The molecular weight excluding hydrogens is 236 g/mol. The van der Waals surface area contributed by atoms with Gasteiger partial charge in [0.25, 0.3) is 0 Å². The first-order valence-corrected chi connectivity index (χ1v) is 6.59. The molecule has 3 nitrogen and oxygen atoms in total. The zero-order chi connectivity index (χ0) is 13.7. The fourth-order valence-electron chi connectivity index (χ4n) is 2.01. The zero-order valence-electron chi connectivity index (χ0n) is 11.7. The molecule has 0 atom stereocenters. The van der Waals surface area contributed by atoms with Crippen molar-refractivity contribution in [2.45, 2.75) is 20.3 Å². The molecule has 2 aromatic rings. The topological polar surface area (TPSA) is 34.2 Å². The Morgan fingerprint density at radius 1 is 1.21 bits per heavy atom. The van der Waals surface area contributed by atoms with Crippen LogP contribution in [0.2, 0.25) is 0 Å². The normalized spacial score (nSPS) is 10.3. The minimum Gasteiger partial charge on any atom is -0.497 e. The monoisotopic (exact) mass is 256 g/mol. The Morgan fingerprint density at radius 3 is 2.74 bits per heavy atom. The molecule has 3 heteroatoms. The van der Waals surface area contributed by atoms with Gasteiger partial charge in [0.05, 0.1) is 12.8 Å². The summed E-state index contributed by atoms with van der Waals surface area (Å²) in [5.74, 6) is 0.876. The number of aromatic nitrogens is 1. The molecule has 2 rings (SSSR count). The highest BCUT2D eigenvalue weighted by Crippen LogP contribution is 2.26. The molecule has 0 amide bonds. The second-order valence-corrected chi connectivity index (χ2v) is 4.54. The number of methoxy groups -OCH3 is 1. The standard InChI is InChI=1S/C16H20N2O/c1-4-8-17-13-7-9-18-16(11-13)15-6-5-14(19-3)10-12(15)2/h5-7,9-11H,4,8H2,1-3H3,(H,17,18). The van der Waals surface area contributed by atoms with Crippen LogP contribution in [0.25, 0.3) is 11.3 Å². The number of nitrogens with zero attached hydrogens (tertiary/aromatic N) is 1. The van der Waals surface area contributed by atoms with Gasteiger partial charge in [0, 0.05) is 24.0 Å². The van der Waals surface area contributed by atoms with Crippen molar-refractivity contribution < 1.29 is 4.74 Å². The molecule has 0 spiro atoms. The van der Waals surface area contributed by atoms with E-state index in [-0.39, 0.29) is 0 Å². The zero-order valence-corrected chi connectivity index (χ0v) is 11.7. The summed E-state index contributed by atoms with van der Waals surface area (Å²) in [6.45, 7) is 5.21. The van der Waals surface area contributed by atoms with Crippen molar-refractivity contribution in [3.63, 3.8) is 0 Å². The van der Waals surface area contributed by atoms with Crippen LogP contribution in [0.5, 0.6) is 5.75 Å². The first-order chi connectivity index (χ1) is 9.24. The number of anilines is 1. The van der Waals surface area contributed by atoms with Crippen molar-refractivity contribution in [1.29, 1.82) is 0 Å². The van der Waals surface area contributed by atoms with Gasteiger partial charge in [-0.05, 0) is 49.2 Å². The van der Waals surface area contributed by atoms with Crippen LogP contribution in [0, 0.1) is 6.92 Å². The van der Waals surface area contributed by atoms with Crippen LogP contribution in [0.4, 0.5) is 5.69 Å². The van der Waals surface area contributed by atoms with E-state index in [0.29, 0.717) is 0 Å². The van der Waals surface area contributed by atoms with Gasteiger partial charge in [0.1, 0.15) is 5.75 Å². The fraction of sp³-hybridized carbons (Fsp3) is 0.312. The molecule has 1 N–H and O–H groups in total. The van der Waals surface area contributed by atoms with Crippen molar-refractivity contribution >= 4 is 5.69 Å². The van der Waals surface area contributed by atoms with E-state index >= 15 is 0 Å². The van der Waals surface area contributed by atoms with Crippen LogP contribution in [0.3, 0.4) is 0 Å². The summed E-state index contributed by atoms with van der Waals surface area (Å²) >= 11 is 0. The van der Waals surface area contributed by atoms with Crippen LogP contribution in [0.15, 0.2) is 36.5 Å². The maximum Gasteiger partial charge on any atom is 0.119 e. The lowest BCUT2D eigenvalue weighted by molar-refractivity contribution is 0.414. The van der Waals surface area contributed by atoms with Crippen LogP contribution in [0.1, 0.15) is 18.9 Å². The number of nitrogens with one attached hydrogen (secondary N) is 1. The molecule has 0 aliphatic carbocycles. The quantitative estimate of drug-likeness (QED) is 0.881. The highest BCUT2D eigenvalue weighted by atomic mass is 16.5. The lowest BCUT2D eigenvalue weighted by Crippen LogP contribution is -2.00. The second-order valence-electron chi connectivity index (χ2n) is 4.54. The summed E-state index contributed by atoms with van der Waals surface area (Å²) in [5, 5.41) is 3.38. The van der Waals surface area contributed by atoms with E-state index in [1.54, 1.807) is 7.11 Å². The van der Waals surface area contributed by atoms with Gasteiger partial charge in [0.15, 0.2) is 0 Å². The third-order valence-electron chi connectivity index (χ3n) is 3.05. The number of pyridine rings is 1. The first kappa shape index (κ1) is 13.4. The minimum atomic E-state index is 0.876. The van der Waals surface area contributed by atoms with Crippen molar-refractivity contribution in [1.82, 2.24) is 4.98 Å². The second kappa shape index (κ2) is 6.23. The third kappa shape index (κ3) is 3.25. The van der Waals surface area contributed by atoms with Crippen LogP contribution >= 0.6 is 0 Å². The number of hydrogen-bond acceptors (Lipinski definition) is 3. The van der Waals surface area contributed by atoms with Gasteiger partial charge in [-0.15, -0.1) is 0 Å². The highest BCUT2D eigenvalue weighted by Gasteiger charge is 2.05. The molecule has 0 bridgehead atoms. The molecule has 0 unspecified atom stereocenters. The lowest BCUT2D eigenvalue weighted by Gasteiger charge is -2.10. The van der Waals surface area contributed by atoms with Gasteiger partial charge >= 0.3 is 0 Å². The van der Waals surface area contributed by atoms with Gasteiger partial charge in [-0.3, -0.25) is 4.98 Å². The lowest BCUT2D eigenvalue weighted by atomic mass is 10.0. The molecule has 100 valence electrons. The molecule has 1 aromatic heterocycles. The fourth-order valence-corrected chi connectivity index (χ4v) is 2.01. The summed E-state index contributed by atoms with van der Waals surface area (Å²) < 4.78 is 5.23. The Kier molecular flexibility index (Phi) is 4.39. The first-order valence-electron chi connectivity index (χ1n) is 6.59. The van der Waals surface area contributed by atoms with E-state index in [9.17, 15) is 0 Å². The summed E-state index contributed by atoms with van der Waals surface area (Å²) in [4.78, 5) is 4.45. The van der Waals surface area contributed by atoms with Crippen molar-refractivity contribution in [2.24, 2.45) is 0 Å². The van der Waals surface area contributed by atoms with E-state index in [1.165, 1.54) is 5.56 Å². The number of rotatable bonds is 5. The van der Waals surface area contributed by atoms with E-state index in [1.807, 2.05) is 24.4 Å². The Hall–Kier alpha value is -2.03.